The Hall–Kier alpha value is -5.21. The van der Waals surface area contributed by atoms with Crippen LogP contribution in [0, 0.1) is 37.5 Å². The molecular formula is C31H28N2O6. The Morgan fingerprint density at radius 2 is 1.28 bits per heavy atom. The molecule has 0 aliphatic rings. The van der Waals surface area contributed by atoms with Gasteiger partial charge in [-0.1, -0.05) is 83.3 Å². The number of rotatable bonds is 7. The summed E-state index contributed by atoms with van der Waals surface area (Å²) in [5.74, 6) is 9.65. The van der Waals surface area contributed by atoms with Crippen molar-refractivity contribution >= 4 is 18.2 Å². The van der Waals surface area contributed by atoms with E-state index in [4.69, 9.17) is 9.47 Å². The van der Waals surface area contributed by atoms with Crippen molar-refractivity contribution in [2.24, 2.45) is 0 Å². The minimum absolute atomic E-state index is 0.0463. The van der Waals surface area contributed by atoms with Crippen LogP contribution in [0.2, 0.25) is 0 Å². The summed E-state index contributed by atoms with van der Waals surface area (Å²) in [6.45, 7) is 4.23. The minimum atomic E-state index is -1.17. The fourth-order valence-electron chi connectivity index (χ4n) is 3.48. The largest absolute Gasteiger partial charge is 0.478 e. The lowest BCUT2D eigenvalue weighted by molar-refractivity contribution is 0.0696. The van der Waals surface area contributed by atoms with Crippen LogP contribution in [-0.4, -0.2) is 36.5 Å². The number of hydrogen-bond donors (Lipinski definition) is 3. The van der Waals surface area contributed by atoms with Crippen molar-refractivity contribution in [2.45, 2.75) is 26.9 Å². The molecule has 0 heterocycles. The van der Waals surface area contributed by atoms with Gasteiger partial charge in [0.25, 0.3) is 0 Å². The number of amides is 2. The first-order valence-corrected chi connectivity index (χ1v) is 12.1. The molecule has 3 N–H and O–H groups in total. The molecule has 0 fully saturated rings. The van der Waals surface area contributed by atoms with Crippen LogP contribution < -0.4 is 10.6 Å². The van der Waals surface area contributed by atoms with Gasteiger partial charge in [-0.05, 0) is 43.2 Å². The quantitative estimate of drug-likeness (QED) is 0.391. The lowest BCUT2D eigenvalue weighted by atomic mass is 10.0. The normalized spacial score (nSPS) is 9.69. The van der Waals surface area contributed by atoms with E-state index in [0.717, 1.165) is 22.3 Å². The Morgan fingerprint density at radius 3 is 1.79 bits per heavy atom. The number of nitrogens with one attached hydrogen (secondary N) is 2. The molecular weight excluding hydrogens is 496 g/mol. The topological polar surface area (TPSA) is 114 Å². The summed E-state index contributed by atoms with van der Waals surface area (Å²) in [5, 5.41) is 14.8. The van der Waals surface area contributed by atoms with Crippen molar-refractivity contribution in [2.75, 3.05) is 13.2 Å². The first kappa shape index (κ1) is 28.4. The SMILES string of the molecule is Cc1cccc(CNC(=O)OCC#Cc2ccc(C#CCOC(=O)NCc3cccc(C)c3)c(C(=O)O)c2)c1. The predicted octanol–water partition coefficient (Wildman–Crippen LogP) is 4.56. The maximum Gasteiger partial charge on any atom is 0.408 e. The van der Waals surface area contributed by atoms with Crippen LogP contribution in [0.5, 0.6) is 0 Å². The van der Waals surface area contributed by atoms with Gasteiger partial charge < -0.3 is 25.2 Å². The van der Waals surface area contributed by atoms with Crippen LogP contribution in [0.1, 0.15) is 43.7 Å². The smallest absolute Gasteiger partial charge is 0.408 e. The molecule has 3 aromatic rings. The maximum atomic E-state index is 11.9. The van der Waals surface area contributed by atoms with Crippen molar-refractivity contribution in [3.8, 4) is 23.7 Å². The monoisotopic (exact) mass is 524 g/mol. The first-order valence-electron chi connectivity index (χ1n) is 12.1. The molecule has 0 aliphatic heterocycles. The van der Waals surface area contributed by atoms with E-state index in [2.05, 4.69) is 34.3 Å². The summed E-state index contributed by atoms with van der Waals surface area (Å²) in [5.41, 5.74) is 4.71. The third kappa shape index (κ3) is 9.99. The second-order valence-electron chi connectivity index (χ2n) is 8.51. The molecule has 0 saturated heterocycles. The standard InChI is InChI=1S/C31H28N2O6/c1-22-7-3-9-25(17-22)20-32-30(36)38-15-5-11-24-13-14-27(28(19-24)29(34)35)12-6-16-39-31(37)33-21-26-10-4-8-23(2)18-26/h3-4,7-10,13-14,17-19H,15-16,20-21H2,1-2H3,(H,32,36)(H,33,37)(H,34,35). The van der Waals surface area contributed by atoms with Gasteiger partial charge in [0.05, 0.1) is 5.56 Å². The molecule has 0 bridgehead atoms. The van der Waals surface area contributed by atoms with Gasteiger partial charge >= 0.3 is 18.2 Å². The minimum Gasteiger partial charge on any atom is -0.478 e. The third-order valence-electron chi connectivity index (χ3n) is 5.30. The summed E-state index contributed by atoms with van der Waals surface area (Å²) in [7, 11) is 0. The Labute approximate surface area is 227 Å². The lowest BCUT2D eigenvalue weighted by Crippen LogP contribution is -2.23. The summed E-state index contributed by atoms with van der Waals surface area (Å²) >= 11 is 0. The average Bonchev–Trinajstić information content (AvgIpc) is 2.91. The maximum absolute atomic E-state index is 11.9. The highest BCUT2D eigenvalue weighted by atomic mass is 16.6. The number of carbonyl (C=O) groups excluding carboxylic acids is 2. The van der Waals surface area contributed by atoms with Crippen molar-refractivity contribution in [1.82, 2.24) is 10.6 Å². The molecule has 2 amide bonds. The molecule has 0 saturated carbocycles. The van der Waals surface area contributed by atoms with E-state index < -0.39 is 18.2 Å². The van der Waals surface area contributed by atoms with Crippen LogP contribution in [0.25, 0.3) is 0 Å². The van der Waals surface area contributed by atoms with Gasteiger partial charge in [0.1, 0.15) is 0 Å². The van der Waals surface area contributed by atoms with E-state index in [0.29, 0.717) is 18.7 Å². The number of carbonyl (C=O) groups is 3. The molecule has 3 aromatic carbocycles. The second kappa shape index (κ2) is 14.5. The molecule has 0 atom stereocenters. The van der Waals surface area contributed by atoms with Crippen LogP contribution in [0.15, 0.2) is 66.7 Å². The molecule has 0 aliphatic carbocycles. The van der Waals surface area contributed by atoms with Gasteiger partial charge in [-0.3, -0.25) is 0 Å². The van der Waals surface area contributed by atoms with Gasteiger partial charge in [-0.25, -0.2) is 14.4 Å². The molecule has 0 radical (unpaired) electrons. The molecule has 198 valence electrons. The Morgan fingerprint density at radius 1 is 0.744 bits per heavy atom. The molecule has 0 unspecified atom stereocenters. The van der Waals surface area contributed by atoms with E-state index in [1.807, 2.05) is 62.4 Å². The van der Waals surface area contributed by atoms with Crippen LogP contribution in [0.4, 0.5) is 9.59 Å². The molecule has 8 heteroatoms. The predicted molar refractivity (Wildman–Crippen MR) is 146 cm³/mol. The zero-order valence-electron chi connectivity index (χ0n) is 21.7. The van der Waals surface area contributed by atoms with E-state index in [-0.39, 0.29) is 24.3 Å². The highest BCUT2D eigenvalue weighted by Crippen LogP contribution is 2.11. The van der Waals surface area contributed by atoms with Gasteiger partial charge in [-0.2, -0.15) is 0 Å². The van der Waals surface area contributed by atoms with Gasteiger partial charge in [0.15, 0.2) is 13.2 Å². The lowest BCUT2D eigenvalue weighted by Gasteiger charge is -2.05. The Kier molecular flexibility index (Phi) is 10.6. The molecule has 8 nitrogen and oxygen atoms in total. The van der Waals surface area contributed by atoms with Crippen LogP contribution in [0.3, 0.4) is 0 Å². The molecule has 0 spiro atoms. The fourth-order valence-corrected chi connectivity index (χ4v) is 3.48. The number of aromatic carboxylic acids is 1. The first-order chi connectivity index (χ1) is 18.8. The summed E-state index contributed by atoms with van der Waals surface area (Å²) in [4.78, 5) is 35.4. The van der Waals surface area contributed by atoms with Crippen molar-refractivity contribution in [3.05, 3.63) is 106 Å². The highest BCUT2D eigenvalue weighted by Gasteiger charge is 2.09. The Balaban J connectivity index is 1.47. The average molecular weight is 525 g/mol. The fraction of sp³-hybridized carbons (Fsp3) is 0.194. The number of ether oxygens (including phenoxy) is 2. The molecule has 39 heavy (non-hydrogen) atoms. The summed E-state index contributed by atoms with van der Waals surface area (Å²) < 4.78 is 10.1. The zero-order chi connectivity index (χ0) is 28.0. The van der Waals surface area contributed by atoms with E-state index in [9.17, 15) is 19.5 Å². The third-order valence-corrected chi connectivity index (χ3v) is 5.30. The number of aryl methyl sites for hydroxylation is 2. The van der Waals surface area contributed by atoms with Gasteiger partial charge in [0, 0.05) is 24.2 Å². The number of benzene rings is 3. The highest BCUT2D eigenvalue weighted by molar-refractivity contribution is 5.91. The number of alkyl carbamates (subject to hydrolysis) is 2. The van der Waals surface area contributed by atoms with Crippen molar-refractivity contribution < 1.29 is 29.0 Å². The van der Waals surface area contributed by atoms with Gasteiger partial charge in [-0.15, -0.1) is 0 Å². The summed E-state index contributed by atoms with van der Waals surface area (Å²) in [6, 6.07) is 20.0. The molecule has 0 aromatic heterocycles. The number of hydrogen-bond acceptors (Lipinski definition) is 5. The Bertz CT molecular complexity index is 1470. The van der Waals surface area contributed by atoms with Crippen LogP contribution in [-0.2, 0) is 22.6 Å². The van der Waals surface area contributed by atoms with Gasteiger partial charge in [0.2, 0.25) is 0 Å². The van der Waals surface area contributed by atoms with E-state index in [1.165, 1.54) is 12.1 Å². The number of carboxylic acid groups (broad SMARTS) is 1. The summed E-state index contributed by atoms with van der Waals surface area (Å²) in [6.07, 6.45) is -1.23. The van der Waals surface area contributed by atoms with Crippen molar-refractivity contribution in [3.63, 3.8) is 0 Å². The van der Waals surface area contributed by atoms with E-state index >= 15 is 0 Å². The van der Waals surface area contributed by atoms with Crippen LogP contribution >= 0.6 is 0 Å². The molecule has 3 rings (SSSR count). The number of carboxylic acids is 1. The van der Waals surface area contributed by atoms with Crippen molar-refractivity contribution in [1.29, 1.82) is 0 Å². The zero-order valence-corrected chi connectivity index (χ0v) is 21.7. The van der Waals surface area contributed by atoms with E-state index in [1.54, 1.807) is 6.07 Å². The second-order valence-corrected chi connectivity index (χ2v) is 8.51.